The molecule has 0 amide bonds. The molecule has 0 spiro atoms. The molecule has 3 atom stereocenters. The van der Waals surface area contributed by atoms with Gasteiger partial charge < -0.3 is 10.1 Å². The molecule has 0 radical (unpaired) electrons. The third-order valence-corrected chi connectivity index (χ3v) is 8.27. The van der Waals surface area contributed by atoms with E-state index in [0.717, 1.165) is 36.3 Å². The highest BCUT2D eigenvalue weighted by molar-refractivity contribution is 7.89. The van der Waals surface area contributed by atoms with Gasteiger partial charge in [-0.25, -0.2) is 8.42 Å². The Hall–Kier alpha value is -2.31. The van der Waals surface area contributed by atoms with Crippen molar-refractivity contribution in [2.24, 2.45) is 5.92 Å². The Balaban J connectivity index is 1.71. The van der Waals surface area contributed by atoms with E-state index in [1.807, 2.05) is 38.1 Å². The fourth-order valence-electron chi connectivity index (χ4n) is 4.90. The predicted octanol–water partition coefficient (Wildman–Crippen LogP) is 5.33. The number of nitrogens with zero attached hydrogens (tertiary/aromatic N) is 1. The van der Waals surface area contributed by atoms with Crippen molar-refractivity contribution in [3.8, 4) is 5.75 Å². The van der Waals surface area contributed by atoms with Gasteiger partial charge in [0.05, 0.1) is 18.0 Å². The van der Waals surface area contributed by atoms with E-state index in [0.29, 0.717) is 23.9 Å². The molecular weight excluding hydrogens is 408 g/mol. The lowest BCUT2D eigenvalue weighted by molar-refractivity contribution is 0.405. The molecule has 0 fully saturated rings. The molecule has 0 aromatic heterocycles. The van der Waals surface area contributed by atoms with Crippen LogP contribution in [0, 0.1) is 5.92 Å². The number of nitrogens with one attached hydrogen (secondary N) is 1. The molecule has 0 bridgehead atoms. The van der Waals surface area contributed by atoms with E-state index in [-0.39, 0.29) is 12.0 Å². The molecule has 1 aliphatic heterocycles. The zero-order valence-corrected chi connectivity index (χ0v) is 19.4. The minimum Gasteiger partial charge on any atom is -0.497 e. The smallest absolute Gasteiger partial charge is 0.243 e. The summed E-state index contributed by atoms with van der Waals surface area (Å²) in [6, 6.07) is 13.9. The van der Waals surface area contributed by atoms with Crippen molar-refractivity contribution < 1.29 is 13.2 Å². The van der Waals surface area contributed by atoms with Gasteiger partial charge in [-0.2, -0.15) is 4.31 Å². The van der Waals surface area contributed by atoms with E-state index in [1.165, 1.54) is 5.56 Å². The van der Waals surface area contributed by atoms with Crippen molar-refractivity contribution in [3.63, 3.8) is 0 Å². The number of fused-ring (bicyclic) bond motifs is 3. The van der Waals surface area contributed by atoms with E-state index >= 15 is 0 Å². The van der Waals surface area contributed by atoms with Gasteiger partial charge in [0.15, 0.2) is 0 Å². The highest BCUT2D eigenvalue weighted by Gasteiger charge is 2.39. The Morgan fingerprint density at radius 2 is 1.87 bits per heavy atom. The Morgan fingerprint density at radius 3 is 2.58 bits per heavy atom. The topological polar surface area (TPSA) is 58.6 Å². The van der Waals surface area contributed by atoms with Crippen LogP contribution in [0.1, 0.15) is 56.2 Å². The number of allylic oxidation sites excluding steroid dienone is 2. The van der Waals surface area contributed by atoms with Crippen LogP contribution in [0.25, 0.3) is 0 Å². The number of anilines is 1. The van der Waals surface area contributed by atoms with Crippen molar-refractivity contribution in [1.82, 2.24) is 4.31 Å². The second-order valence-corrected chi connectivity index (χ2v) is 10.3. The fraction of sp³-hybridized carbons (Fsp3) is 0.440. The van der Waals surface area contributed by atoms with Crippen LogP contribution >= 0.6 is 0 Å². The van der Waals surface area contributed by atoms with Gasteiger partial charge in [-0.1, -0.05) is 38.1 Å². The summed E-state index contributed by atoms with van der Waals surface area (Å²) in [4.78, 5) is 0.397. The molecule has 0 saturated carbocycles. The Kier molecular flexibility index (Phi) is 6.39. The molecule has 5 nitrogen and oxygen atoms in total. The summed E-state index contributed by atoms with van der Waals surface area (Å²) in [5.41, 5.74) is 3.28. The minimum absolute atomic E-state index is 0.154. The first-order valence-corrected chi connectivity index (χ1v) is 12.6. The summed E-state index contributed by atoms with van der Waals surface area (Å²) in [6.07, 6.45) is 7.04. The van der Waals surface area contributed by atoms with Gasteiger partial charge >= 0.3 is 0 Å². The van der Waals surface area contributed by atoms with Crippen LogP contribution in [0.3, 0.4) is 0 Å². The quantitative estimate of drug-likeness (QED) is 0.564. The minimum atomic E-state index is -3.50. The Labute approximate surface area is 186 Å². The summed E-state index contributed by atoms with van der Waals surface area (Å²) in [5.74, 6) is 1.40. The van der Waals surface area contributed by atoms with Crippen LogP contribution in [0.5, 0.6) is 5.75 Å². The van der Waals surface area contributed by atoms with E-state index in [9.17, 15) is 8.42 Å². The monoisotopic (exact) mass is 440 g/mol. The van der Waals surface area contributed by atoms with Crippen LogP contribution < -0.4 is 10.1 Å². The zero-order valence-electron chi connectivity index (χ0n) is 18.5. The second-order valence-electron chi connectivity index (χ2n) is 8.41. The SMILES string of the molecule is CCCN(CCC)S(=O)(=O)c1ccc2c(c1)C1C=CCC1C(c1cccc(OC)c1)N2. The first kappa shape index (κ1) is 21.9. The summed E-state index contributed by atoms with van der Waals surface area (Å²) in [5, 5.41) is 3.69. The Bertz CT molecular complexity index is 1060. The van der Waals surface area contributed by atoms with Crippen LogP contribution in [-0.4, -0.2) is 32.9 Å². The van der Waals surface area contributed by atoms with Crippen molar-refractivity contribution in [2.45, 2.75) is 50.0 Å². The maximum absolute atomic E-state index is 13.3. The van der Waals surface area contributed by atoms with Crippen LogP contribution in [-0.2, 0) is 10.0 Å². The van der Waals surface area contributed by atoms with Crippen molar-refractivity contribution in [2.75, 3.05) is 25.5 Å². The van der Waals surface area contributed by atoms with Crippen molar-refractivity contribution in [3.05, 3.63) is 65.7 Å². The fourth-order valence-corrected chi connectivity index (χ4v) is 6.56. The van der Waals surface area contributed by atoms with Gasteiger partial charge in [0.25, 0.3) is 0 Å². The lowest BCUT2D eigenvalue weighted by atomic mass is 9.77. The number of hydrogen-bond acceptors (Lipinski definition) is 4. The van der Waals surface area contributed by atoms with E-state index in [2.05, 4.69) is 29.6 Å². The lowest BCUT2D eigenvalue weighted by Gasteiger charge is -2.38. The average Bonchev–Trinajstić information content (AvgIpc) is 3.28. The maximum Gasteiger partial charge on any atom is 0.243 e. The summed E-state index contributed by atoms with van der Waals surface area (Å²) in [6.45, 7) is 5.13. The number of hydrogen-bond donors (Lipinski definition) is 1. The second kappa shape index (κ2) is 9.05. The molecule has 166 valence electrons. The molecule has 1 aliphatic carbocycles. The van der Waals surface area contributed by atoms with Crippen LogP contribution in [0.2, 0.25) is 0 Å². The van der Waals surface area contributed by atoms with E-state index < -0.39 is 10.0 Å². The van der Waals surface area contributed by atoms with E-state index in [4.69, 9.17) is 4.74 Å². The third-order valence-electron chi connectivity index (χ3n) is 6.37. The van der Waals surface area contributed by atoms with Crippen LogP contribution in [0.4, 0.5) is 5.69 Å². The summed E-state index contributed by atoms with van der Waals surface area (Å²) in [7, 11) is -1.81. The van der Waals surface area contributed by atoms with Gasteiger partial charge in [0.2, 0.25) is 10.0 Å². The van der Waals surface area contributed by atoms with Gasteiger partial charge in [-0.15, -0.1) is 0 Å². The molecule has 31 heavy (non-hydrogen) atoms. The third kappa shape index (κ3) is 4.11. The van der Waals surface area contributed by atoms with Crippen molar-refractivity contribution >= 4 is 15.7 Å². The van der Waals surface area contributed by atoms with Gasteiger partial charge in [-0.05, 0) is 66.6 Å². The highest BCUT2D eigenvalue weighted by Crippen LogP contribution is 2.50. The van der Waals surface area contributed by atoms with Crippen LogP contribution in [0.15, 0.2) is 59.5 Å². The van der Waals surface area contributed by atoms with Gasteiger partial charge in [-0.3, -0.25) is 0 Å². The largest absolute Gasteiger partial charge is 0.497 e. The number of rotatable bonds is 8. The summed E-state index contributed by atoms with van der Waals surface area (Å²) >= 11 is 0. The van der Waals surface area contributed by atoms with Gasteiger partial charge in [0, 0.05) is 24.7 Å². The lowest BCUT2D eigenvalue weighted by Crippen LogP contribution is -2.33. The zero-order chi connectivity index (χ0) is 22.0. The molecule has 3 unspecified atom stereocenters. The predicted molar refractivity (Wildman–Crippen MR) is 125 cm³/mol. The molecular formula is C25H32N2O3S. The molecule has 2 aromatic rings. The van der Waals surface area contributed by atoms with Crippen molar-refractivity contribution in [1.29, 1.82) is 0 Å². The number of sulfonamides is 1. The van der Waals surface area contributed by atoms with Gasteiger partial charge in [0.1, 0.15) is 5.75 Å². The molecule has 1 heterocycles. The molecule has 0 saturated heterocycles. The number of benzene rings is 2. The normalized spacial score (nSPS) is 22.1. The first-order chi connectivity index (χ1) is 15.0. The molecule has 2 aromatic carbocycles. The Morgan fingerprint density at radius 1 is 1.10 bits per heavy atom. The molecule has 6 heteroatoms. The number of methoxy groups -OCH3 is 1. The molecule has 4 rings (SSSR count). The molecule has 2 aliphatic rings. The highest BCUT2D eigenvalue weighted by atomic mass is 32.2. The standard InChI is InChI=1S/C25H32N2O3S/c1-4-14-27(15-5-2)31(28,29)20-12-13-24-23(17-20)21-10-7-11-22(21)25(26-24)18-8-6-9-19(16-18)30-3/h6-10,12-13,16-17,21-22,25-26H,4-5,11,14-15H2,1-3H3. The van der Waals surface area contributed by atoms with E-state index in [1.54, 1.807) is 17.5 Å². The maximum atomic E-state index is 13.3. The average molecular weight is 441 g/mol. The number of ether oxygens (including phenoxy) is 1. The molecule has 1 N–H and O–H groups in total. The summed E-state index contributed by atoms with van der Waals surface area (Å²) < 4.78 is 33.7. The first-order valence-electron chi connectivity index (χ1n) is 11.2.